The number of alkyl halides is 3. The van der Waals surface area contributed by atoms with Crippen molar-refractivity contribution < 1.29 is 36.2 Å². The Morgan fingerprint density at radius 2 is 1.69 bits per heavy atom. The fraction of sp³-hybridized carbons (Fsp3) is 0.188. The summed E-state index contributed by atoms with van der Waals surface area (Å²) >= 11 is 0. The maximum Gasteiger partial charge on any atom is 0.416 e. The van der Waals surface area contributed by atoms with Crippen LogP contribution in [0.25, 0.3) is 11.1 Å². The lowest BCUT2D eigenvalue weighted by Gasteiger charge is -2.15. The maximum atomic E-state index is 12.9. The summed E-state index contributed by atoms with van der Waals surface area (Å²) in [6, 6.07) is 7.70. The van der Waals surface area contributed by atoms with Crippen molar-refractivity contribution in [3.8, 4) is 16.9 Å². The van der Waals surface area contributed by atoms with E-state index in [2.05, 4.69) is 0 Å². The van der Waals surface area contributed by atoms with Crippen molar-refractivity contribution in [3.05, 3.63) is 48.0 Å². The summed E-state index contributed by atoms with van der Waals surface area (Å²) in [6.45, 7) is -0.834. The van der Waals surface area contributed by atoms with Crippen molar-refractivity contribution >= 4 is 15.8 Å². The molecule has 0 aliphatic heterocycles. The van der Waals surface area contributed by atoms with E-state index < -0.39 is 34.2 Å². The van der Waals surface area contributed by atoms with Crippen LogP contribution in [0, 0.1) is 0 Å². The van der Waals surface area contributed by atoms with E-state index in [4.69, 9.17) is 4.74 Å². The third-order valence-corrected chi connectivity index (χ3v) is 4.37. The standard InChI is InChI=1S/C16H13F3O5S.H3N/c1-25(22,23)12-5-2-10(3-6-12)13-8-11(16(17,18)19)4-7-14(13)24-9-15(20)21;/h2-8H,9H2,1H3,(H,20,21);1H3. The average Bonchev–Trinajstić information content (AvgIpc) is 2.51. The van der Waals surface area contributed by atoms with Crippen LogP contribution in [0.1, 0.15) is 5.56 Å². The number of hydrogen-bond donors (Lipinski definition) is 1. The first-order chi connectivity index (χ1) is 11.5. The molecule has 142 valence electrons. The smallest absolute Gasteiger partial charge is 0.416 e. The lowest BCUT2D eigenvalue weighted by molar-refractivity contribution is -0.307. The number of carbonyl (C=O) groups excluding carboxylic acids is 1. The van der Waals surface area contributed by atoms with Gasteiger partial charge in [-0.25, -0.2) is 8.42 Å². The zero-order valence-corrected chi connectivity index (χ0v) is 14.6. The SMILES string of the molecule is CS(=O)(=O)c1ccc(-c2cc(C(F)(F)F)ccc2OCC(=O)[O-])cc1.[NH4+]. The Hall–Kier alpha value is -2.59. The number of carboxylic acid groups (broad SMARTS) is 1. The Kier molecular flexibility index (Phi) is 6.39. The number of rotatable bonds is 5. The van der Waals surface area contributed by atoms with Crippen LogP contribution in [0.2, 0.25) is 0 Å². The Bertz CT molecular complexity index is 893. The Morgan fingerprint density at radius 1 is 1.12 bits per heavy atom. The minimum Gasteiger partial charge on any atom is -0.546 e. The molecule has 0 bridgehead atoms. The van der Waals surface area contributed by atoms with Crippen LogP contribution >= 0.6 is 0 Å². The van der Waals surface area contributed by atoms with Crippen molar-refractivity contribution in [2.75, 3.05) is 12.9 Å². The monoisotopic (exact) mass is 391 g/mol. The average molecular weight is 391 g/mol. The van der Waals surface area contributed by atoms with Gasteiger partial charge < -0.3 is 20.8 Å². The van der Waals surface area contributed by atoms with Gasteiger partial charge in [-0.15, -0.1) is 0 Å². The molecule has 0 amide bonds. The highest BCUT2D eigenvalue weighted by Crippen LogP contribution is 2.37. The predicted octanol–water partition coefficient (Wildman–Crippen LogP) is 2.28. The van der Waals surface area contributed by atoms with Crippen LogP contribution in [-0.4, -0.2) is 27.2 Å². The van der Waals surface area contributed by atoms with Gasteiger partial charge in [-0.2, -0.15) is 13.2 Å². The van der Waals surface area contributed by atoms with E-state index >= 15 is 0 Å². The summed E-state index contributed by atoms with van der Waals surface area (Å²) in [5, 5.41) is 10.5. The van der Waals surface area contributed by atoms with Gasteiger partial charge in [0.15, 0.2) is 9.84 Å². The van der Waals surface area contributed by atoms with Gasteiger partial charge >= 0.3 is 6.18 Å². The van der Waals surface area contributed by atoms with Gasteiger partial charge in [0.1, 0.15) is 12.4 Å². The summed E-state index contributed by atoms with van der Waals surface area (Å²) < 4.78 is 66.7. The normalized spacial score (nSPS) is 11.5. The van der Waals surface area contributed by atoms with Crippen molar-refractivity contribution in [2.24, 2.45) is 0 Å². The van der Waals surface area contributed by atoms with Gasteiger partial charge in [-0.1, -0.05) is 12.1 Å². The van der Waals surface area contributed by atoms with Crippen LogP contribution < -0.4 is 16.0 Å². The molecular weight excluding hydrogens is 375 g/mol. The Labute approximate surface area is 147 Å². The van der Waals surface area contributed by atoms with Crippen LogP contribution in [-0.2, 0) is 20.8 Å². The maximum absolute atomic E-state index is 12.9. The highest BCUT2D eigenvalue weighted by atomic mass is 32.2. The second-order valence-electron chi connectivity index (χ2n) is 5.17. The molecule has 2 aromatic rings. The molecule has 0 saturated heterocycles. The van der Waals surface area contributed by atoms with E-state index in [0.717, 1.165) is 24.5 Å². The Balaban J connectivity index is 0.00000338. The van der Waals surface area contributed by atoms with Crippen LogP contribution in [0.4, 0.5) is 13.2 Å². The van der Waals surface area contributed by atoms with Gasteiger partial charge in [-0.05, 0) is 35.9 Å². The first kappa shape index (κ1) is 21.5. The molecule has 0 spiro atoms. The summed E-state index contributed by atoms with van der Waals surface area (Å²) in [4.78, 5) is 10.5. The first-order valence-electron chi connectivity index (χ1n) is 6.83. The van der Waals surface area contributed by atoms with E-state index in [1.807, 2.05) is 0 Å². The number of benzene rings is 2. The minimum atomic E-state index is -4.60. The highest BCUT2D eigenvalue weighted by Gasteiger charge is 2.31. The molecule has 0 atom stereocenters. The zero-order chi connectivity index (χ0) is 18.8. The number of sulfone groups is 1. The number of quaternary nitrogens is 1. The number of ether oxygens (including phenoxy) is 1. The summed E-state index contributed by atoms with van der Waals surface area (Å²) in [5.41, 5.74) is -0.724. The van der Waals surface area contributed by atoms with Crippen LogP contribution in [0.5, 0.6) is 5.75 Å². The highest BCUT2D eigenvalue weighted by molar-refractivity contribution is 7.90. The molecule has 2 aromatic carbocycles. The number of carboxylic acids is 1. The molecule has 10 heteroatoms. The number of carbonyl (C=O) groups is 1. The van der Waals surface area contributed by atoms with Crippen LogP contribution in [0.15, 0.2) is 47.4 Å². The summed E-state index contributed by atoms with van der Waals surface area (Å²) in [7, 11) is -3.46. The molecule has 0 aliphatic rings. The van der Waals surface area contributed by atoms with E-state index in [9.17, 15) is 31.5 Å². The largest absolute Gasteiger partial charge is 0.546 e. The molecule has 2 rings (SSSR count). The summed E-state index contributed by atoms with van der Waals surface area (Å²) in [5.74, 6) is -1.62. The molecule has 6 nitrogen and oxygen atoms in total. The van der Waals surface area contributed by atoms with Crippen molar-refractivity contribution in [3.63, 3.8) is 0 Å². The van der Waals surface area contributed by atoms with Gasteiger partial charge in [0.25, 0.3) is 0 Å². The fourth-order valence-electron chi connectivity index (χ4n) is 2.08. The zero-order valence-electron chi connectivity index (χ0n) is 13.8. The molecule has 0 unspecified atom stereocenters. The predicted molar refractivity (Wildman–Crippen MR) is 86.5 cm³/mol. The van der Waals surface area contributed by atoms with Crippen LogP contribution in [0.3, 0.4) is 0 Å². The quantitative estimate of drug-likeness (QED) is 0.838. The van der Waals surface area contributed by atoms with E-state index in [1.54, 1.807) is 0 Å². The lowest BCUT2D eigenvalue weighted by Crippen LogP contribution is -2.29. The van der Waals surface area contributed by atoms with Crippen molar-refractivity contribution in [2.45, 2.75) is 11.1 Å². The second kappa shape index (κ2) is 7.75. The molecule has 0 aromatic heterocycles. The van der Waals surface area contributed by atoms with E-state index in [1.165, 1.54) is 24.3 Å². The second-order valence-corrected chi connectivity index (χ2v) is 7.18. The van der Waals surface area contributed by atoms with Crippen molar-refractivity contribution in [1.29, 1.82) is 0 Å². The Morgan fingerprint density at radius 3 is 2.15 bits per heavy atom. The van der Waals surface area contributed by atoms with E-state index in [-0.39, 0.29) is 27.9 Å². The van der Waals surface area contributed by atoms with Gasteiger partial charge in [-0.3, -0.25) is 0 Å². The lowest BCUT2D eigenvalue weighted by atomic mass is 10.0. The number of aliphatic carboxylic acids is 1. The van der Waals surface area contributed by atoms with Gasteiger partial charge in [0.05, 0.1) is 16.4 Å². The molecule has 0 fully saturated rings. The first-order valence-corrected chi connectivity index (χ1v) is 8.72. The molecule has 0 radical (unpaired) electrons. The van der Waals surface area contributed by atoms with E-state index in [0.29, 0.717) is 0 Å². The molecule has 0 aliphatic carbocycles. The third-order valence-electron chi connectivity index (χ3n) is 3.25. The topological polar surface area (TPSA) is 120 Å². The molecular formula is C16H16F3NO5S. The number of halogens is 3. The molecule has 4 N–H and O–H groups in total. The number of hydrogen-bond acceptors (Lipinski definition) is 5. The van der Waals surface area contributed by atoms with Crippen molar-refractivity contribution in [1.82, 2.24) is 6.15 Å². The minimum absolute atomic E-state index is 0. The third kappa shape index (κ3) is 5.20. The molecule has 0 heterocycles. The summed E-state index contributed by atoms with van der Waals surface area (Å²) in [6.07, 6.45) is -3.60. The molecule has 0 saturated carbocycles. The van der Waals surface area contributed by atoms with Gasteiger partial charge in [0, 0.05) is 11.8 Å². The van der Waals surface area contributed by atoms with Gasteiger partial charge in [0.2, 0.25) is 0 Å². The fourth-order valence-corrected chi connectivity index (χ4v) is 2.71. The molecule has 26 heavy (non-hydrogen) atoms.